The molecule has 0 amide bonds. The van der Waals surface area contributed by atoms with Crippen molar-refractivity contribution in [3.05, 3.63) is 23.8 Å². The van der Waals surface area contributed by atoms with Crippen molar-refractivity contribution in [2.45, 2.75) is 45.1 Å². The van der Waals surface area contributed by atoms with Crippen molar-refractivity contribution < 1.29 is 0 Å². The third kappa shape index (κ3) is 2.57. The van der Waals surface area contributed by atoms with Gasteiger partial charge in [-0.2, -0.15) is 0 Å². The fourth-order valence-electron chi connectivity index (χ4n) is 2.49. The van der Waals surface area contributed by atoms with E-state index >= 15 is 0 Å². The van der Waals surface area contributed by atoms with Crippen LogP contribution in [-0.4, -0.2) is 9.97 Å². The SMILES string of the molecule is Cc1cnc(C(NN)C2CCCCC2)cn1. The molecular formula is C12H20N4. The summed E-state index contributed by atoms with van der Waals surface area (Å²) in [4.78, 5) is 8.70. The first-order chi connectivity index (χ1) is 7.81. The van der Waals surface area contributed by atoms with Crippen LogP contribution in [0.15, 0.2) is 12.4 Å². The van der Waals surface area contributed by atoms with Crippen molar-refractivity contribution in [3.8, 4) is 0 Å². The first kappa shape index (κ1) is 11.5. The molecule has 2 rings (SSSR count). The second-order valence-corrected chi connectivity index (χ2v) is 4.63. The number of nitrogens with one attached hydrogen (secondary N) is 1. The first-order valence-corrected chi connectivity index (χ1v) is 6.06. The Morgan fingerprint density at radius 1 is 1.25 bits per heavy atom. The lowest BCUT2D eigenvalue weighted by Gasteiger charge is -2.29. The van der Waals surface area contributed by atoms with E-state index in [0.717, 1.165) is 11.4 Å². The highest BCUT2D eigenvalue weighted by atomic mass is 15.2. The van der Waals surface area contributed by atoms with Gasteiger partial charge in [-0.05, 0) is 25.7 Å². The standard InChI is InChI=1S/C12H20N4/c1-9-7-15-11(8-14-9)12(16-13)10-5-3-2-4-6-10/h7-8,10,12,16H,2-6,13H2,1H3. The second kappa shape index (κ2) is 5.37. The van der Waals surface area contributed by atoms with E-state index in [9.17, 15) is 0 Å². The molecule has 0 spiro atoms. The fraction of sp³-hybridized carbons (Fsp3) is 0.667. The molecule has 1 aliphatic carbocycles. The molecule has 1 unspecified atom stereocenters. The molecule has 0 aromatic carbocycles. The third-order valence-electron chi connectivity index (χ3n) is 3.42. The van der Waals surface area contributed by atoms with Crippen LogP contribution in [-0.2, 0) is 0 Å². The lowest BCUT2D eigenvalue weighted by molar-refractivity contribution is 0.269. The van der Waals surface area contributed by atoms with Gasteiger partial charge in [-0.25, -0.2) is 0 Å². The monoisotopic (exact) mass is 220 g/mol. The number of hydrazine groups is 1. The summed E-state index contributed by atoms with van der Waals surface area (Å²) >= 11 is 0. The average Bonchev–Trinajstić information content (AvgIpc) is 2.34. The number of aromatic nitrogens is 2. The van der Waals surface area contributed by atoms with Crippen LogP contribution < -0.4 is 11.3 Å². The summed E-state index contributed by atoms with van der Waals surface area (Å²) in [5, 5.41) is 0. The number of hydrogen-bond donors (Lipinski definition) is 2. The van der Waals surface area contributed by atoms with Crippen molar-refractivity contribution in [3.63, 3.8) is 0 Å². The van der Waals surface area contributed by atoms with Gasteiger partial charge in [0.05, 0.1) is 23.6 Å². The summed E-state index contributed by atoms with van der Waals surface area (Å²) in [7, 11) is 0. The Morgan fingerprint density at radius 3 is 2.56 bits per heavy atom. The Hall–Kier alpha value is -1.00. The van der Waals surface area contributed by atoms with Crippen molar-refractivity contribution in [1.82, 2.24) is 15.4 Å². The molecule has 1 aliphatic rings. The molecule has 1 heterocycles. The predicted octanol–water partition coefficient (Wildman–Crippen LogP) is 1.87. The lowest BCUT2D eigenvalue weighted by Crippen LogP contribution is -2.35. The minimum absolute atomic E-state index is 0.161. The van der Waals surface area contributed by atoms with E-state index in [0.29, 0.717) is 5.92 Å². The van der Waals surface area contributed by atoms with Crippen molar-refractivity contribution in [2.75, 3.05) is 0 Å². The third-order valence-corrected chi connectivity index (χ3v) is 3.42. The van der Waals surface area contributed by atoms with E-state index in [1.54, 1.807) is 0 Å². The number of aryl methyl sites for hydroxylation is 1. The molecule has 3 N–H and O–H groups in total. The minimum atomic E-state index is 0.161. The summed E-state index contributed by atoms with van der Waals surface area (Å²) in [6.07, 6.45) is 10.1. The molecule has 0 aliphatic heterocycles. The van der Waals surface area contributed by atoms with Crippen molar-refractivity contribution >= 4 is 0 Å². The van der Waals surface area contributed by atoms with Crippen LogP contribution >= 0.6 is 0 Å². The van der Waals surface area contributed by atoms with Crippen molar-refractivity contribution in [1.29, 1.82) is 0 Å². The molecule has 1 aromatic rings. The van der Waals surface area contributed by atoms with Gasteiger partial charge in [-0.15, -0.1) is 0 Å². The van der Waals surface area contributed by atoms with Gasteiger partial charge in [0, 0.05) is 6.20 Å². The summed E-state index contributed by atoms with van der Waals surface area (Å²) in [6.45, 7) is 1.95. The number of hydrogen-bond acceptors (Lipinski definition) is 4. The summed E-state index contributed by atoms with van der Waals surface area (Å²) in [5.41, 5.74) is 4.82. The largest absolute Gasteiger partial charge is 0.271 e. The highest BCUT2D eigenvalue weighted by Crippen LogP contribution is 2.32. The van der Waals surface area contributed by atoms with Gasteiger partial charge in [0.2, 0.25) is 0 Å². The molecule has 1 fully saturated rings. The van der Waals surface area contributed by atoms with Gasteiger partial charge in [-0.1, -0.05) is 19.3 Å². The number of rotatable bonds is 3. The van der Waals surface area contributed by atoms with Gasteiger partial charge >= 0.3 is 0 Å². The van der Waals surface area contributed by atoms with E-state index in [2.05, 4.69) is 15.4 Å². The lowest BCUT2D eigenvalue weighted by atomic mass is 9.83. The van der Waals surface area contributed by atoms with Crippen LogP contribution in [0.25, 0.3) is 0 Å². The molecule has 1 saturated carbocycles. The van der Waals surface area contributed by atoms with Crippen LogP contribution in [0.4, 0.5) is 0 Å². The van der Waals surface area contributed by atoms with E-state index < -0.39 is 0 Å². The predicted molar refractivity (Wildman–Crippen MR) is 63.4 cm³/mol. The first-order valence-electron chi connectivity index (χ1n) is 6.06. The van der Waals surface area contributed by atoms with Crippen molar-refractivity contribution in [2.24, 2.45) is 11.8 Å². The molecular weight excluding hydrogens is 200 g/mol. The maximum absolute atomic E-state index is 5.66. The molecule has 0 saturated heterocycles. The molecule has 16 heavy (non-hydrogen) atoms. The molecule has 0 radical (unpaired) electrons. The van der Waals surface area contributed by atoms with Crippen LogP contribution in [0.5, 0.6) is 0 Å². The Morgan fingerprint density at radius 2 is 2.00 bits per heavy atom. The van der Waals surface area contributed by atoms with Crippen LogP contribution in [0.2, 0.25) is 0 Å². The molecule has 88 valence electrons. The van der Waals surface area contributed by atoms with E-state index in [1.165, 1.54) is 32.1 Å². The Balaban J connectivity index is 2.11. The normalized spacial score (nSPS) is 19.6. The maximum Gasteiger partial charge on any atom is 0.0772 e. The zero-order chi connectivity index (χ0) is 11.4. The Labute approximate surface area is 96.6 Å². The molecule has 1 aromatic heterocycles. The second-order valence-electron chi connectivity index (χ2n) is 4.63. The minimum Gasteiger partial charge on any atom is -0.271 e. The molecule has 0 bridgehead atoms. The van der Waals surface area contributed by atoms with Crippen LogP contribution in [0.1, 0.15) is 49.5 Å². The summed E-state index contributed by atoms with van der Waals surface area (Å²) in [5.74, 6) is 6.26. The van der Waals surface area contributed by atoms with Gasteiger partial charge in [0.15, 0.2) is 0 Å². The molecule has 4 heteroatoms. The zero-order valence-corrected chi connectivity index (χ0v) is 9.82. The smallest absolute Gasteiger partial charge is 0.0772 e. The van der Waals surface area contributed by atoms with E-state index in [4.69, 9.17) is 5.84 Å². The summed E-state index contributed by atoms with van der Waals surface area (Å²) in [6, 6.07) is 0.161. The van der Waals surface area contributed by atoms with Crippen LogP contribution in [0.3, 0.4) is 0 Å². The van der Waals surface area contributed by atoms with Gasteiger partial charge in [0.1, 0.15) is 0 Å². The number of nitrogens with zero attached hydrogens (tertiary/aromatic N) is 2. The quantitative estimate of drug-likeness (QED) is 0.603. The highest BCUT2D eigenvalue weighted by molar-refractivity contribution is 5.07. The fourth-order valence-corrected chi connectivity index (χ4v) is 2.49. The number of nitrogens with two attached hydrogens (primary N) is 1. The van der Waals surface area contributed by atoms with Gasteiger partial charge in [0.25, 0.3) is 0 Å². The molecule has 1 atom stereocenters. The topological polar surface area (TPSA) is 63.8 Å². The average molecular weight is 220 g/mol. The highest BCUT2D eigenvalue weighted by Gasteiger charge is 2.25. The maximum atomic E-state index is 5.66. The van der Waals surface area contributed by atoms with Gasteiger partial charge in [-0.3, -0.25) is 21.2 Å². The molecule has 4 nitrogen and oxygen atoms in total. The Kier molecular flexibility index (Phi) is 3.85. The Bertz CT molecular complexity index is 316. The van der Waals surface area contributed by atoms with E-state index in [1.807, 2.05) is 19.3 Å². The van der Waals surface area contributed by atoms with Crippen LogP contribution in [0, 0.1) is 12.8 Å². The van der Waals surface area contributed by atoms with Gasteiger partial charge < -0.3 is 0 Å². The van der Waals surface area contributed by atoms with E-state index in [-0.39, 0.29) is 6.04 Å². The summed E-state index contributed by atoms with van der Waals surface area (Å²) < 4.78 is 0. The zero-order valence-electron chi connectivity index (χ0n) is 9.82.